The van der Waals surface area contributed by atoms with Gasteiger partial charge >= 0.3 is 0 Å². The second kappa shape index (κ2) is 4.01. The van der Waals surface area contributed by atoms with Crippen LogP contribution in [0.25, 0.3) is 11.1 Å². The van der Waals surface area contributed by atoms with Crippen molar-refractivity contribution in [3.05, 3.63) is 41.5 Å². The van der Waals surface area contributed by atoms with Crippen LogP contribution in [0.4, 0.5) is 0 Å². The number of phenols is 3. The van der Waals surface area contributed by atoms with Crippen LogP contribution in [0.3, 0.4) is 0 Å². The van der Waals surface area contributed by atoms with Gasteiger partial charge in [0.2, 0.25) is 0 Å². The van der Waals surface area contributed by atoms with Crippen molar-refractivity contribution >= 4 is 0 Å². The largest absolute Gasteiger partial charge is 0.508 e. The molecule has 2 aromatic rings. The summed E-state index contributed by atoms with van der Waals surface area (Å²) in [4.78, 5) is 0. The van der Waals surface area contributed by atoms with E-state index in [-0.39, 0.29) is 17.2 Å². The van der Waals surface area contributed by atoms with Gasteiger partial charge in [0.05, 0.1) is 0 Å². The fraction of sp³-hybridized carbons (Fsp3) is 0.143. The van der Waals surface area contributed by atoms with Crippen LogP contribution in [0.5, 0.6) is 17.2 Å². The van der Waals surface area contributed by atoms with Crippen molar-refractivity contribution in [2.24, 2.45) is 0 Å². The number of aromatic hydroxyl groups is 3. The molecule has 0 saturated carbocycles. The number of hydrogen-bond acceptors (Lipinski definition) is 3. The topological polar surface area (TPSA) is 60.7 Å². The second-order valence-corrected chi connectivity index (χ2v) is 4.14. The molecular formula is C14H14O3. The third kappa shape index (κ3) is 2.04. The Labute approximate surface area is 99.6 Å². The Kier molecular flexibility index (Phi) is 2.68. The minimum Gasteiger partial charge on any atom is -0.508 e. The first kappa shape index (κ1) is 11.3. The molecule has 0 aliphatic rings. The highest BCUT2D eigenvalue weighted by Crippen LogP contribution is 2.36. The summed E-state index contributed by atoms with van der Waals surface area (Å²) in [6.07, 6.45) is 0. The predicted molar refractivity (Wildman–Crippen MR) is 66.3 cm³/mol. The van der Waals surface area contributed by atoms with Crippen LogP contribution < -0.4 is 0 Å². The van der Waals surface area contributed by atoms with Crippen LogP contribution in [-0.2, 0) is 0 Å². The van der Waals surface area contributed by atoms with Crippen LogP contribution in [-0.4, -0.2) is 15.3 Å². The molecule has 0 fully saturated rings. The first-order chi connectivity index (χ1) is 7.99. The lowest BCUT2D eigenvalue weighted by Crippen LogP contribution is -1.88. The van der Waals surface area contributed by atoms with E-state index in [0.717, 1.165) is 16.7 Å². The lowest BCUT2D eigenvalue weighted by molar-refractivity contribution is 0.461. The third-order valence-electron chi connectivity index (χ3n) is 2.92. The Bertz CT molecular complexity index is 574. The van der Waals surface area contributed by atoms with Crippen molar-refractivity contribution in [3.63, 3.8) is 0 Å². The molecule has 0 atom stereocenters. The normalized spacial score (nSPS) is 10.5. The fourth-order valence-electron chi connectivity index (χ4n) is 1.86. The molecule has 2 rings (SSSR count). The minimum absolute atomic E-state index is 0.0795. The van der Waals surface area contributed by atoms with Crippen LogP contribution >= 0.6 is 0 Å². The fourth-order valence-corrected chi connectivity index (χ4v) is 1.86. The first-order valence-electron chi connectivity index (χ1n) is 5.31. The molecule has 3 N–H and O–H groups in total. The molecule has 2 aromatic carbocycles. The average molecular weight is 230 g/mol. The Hall–Kier alpha value is -2.16. The van der Waals surface area contributed by atoms with Crippen LogP contribution in [0.1, 0.15) is 11.1 Å². The molecular weight excluding hydrogens is 216 g/mol. The second-order valence-electron chi connectivity index (χ2n) is 4.14. The molecule has 0 saturated heterocycles. The van der Waals surface area contributed by atoms with E-state index in [1.807, 2.05) is 13.8 Å². The molecule has 0 aromatic heterocycles. The van der Waals surface area contributed by atoms with Gasteiger partial charge in [-0.15, -0.1) is 0 Å². The van der Waals surface area contributed by atoms with Crippen molar-refractivity contribution in [1.82, 2.24) is 0 Å². The highest BCUT2D eigenvalue weighted by atomic mass is 16.3. The van der Waals surface area contributed by atoms with E-state index in [1.54, 1.807) is 12.1 Å². The monoisotopic (exact) mass is 230 g/mol. The Morgan fingerprint density at radius 2 is 1.41 bits per heavy atom. The van der Waals surface area contributed by atoms with Gasteiger partial charge in [0, 0.05) is 5.56 Å². The highest BCUT2D eigenvalue weighted by Gasteiger charge is 2.11. The SMILES string of the molecule is Cc1cc(O)cc(-c2cc(O)ccc2O)c1C. The third-order valence-corrected chi connectivity index (χ3v) is 2.92. The first-order valence-corrected chi connectivity index (χ1v) is 5.31. The molecule has 0 bridgehead atoms. The van der Waals surface area contributed by atoms with Crippen LogP contribution in [0.2, 0.25) is 0 Å². The molecule has 0 spiro atoms. The number of hydrogen-bond donors (Lipinski definition) is 3. The summed E-state index contributed by atoms with van der Waals surface area (Å²) in [7, 11) is 0. The van der Waals surface area contributed by atoms with Gasteiger partial charge in [0.1, 0.15) is 17.2 Å². The summed E-state index contributed by atoms with van der Waals surface area (Å²) in [5.74, 6) is 0.305. The van der Waals surface area contributed by atoms with E-state index in [2.05, 4.69) is 0 Å². The molecule has 0 radical (unpaired) electrons. The quantitative estimate of drug-likeness (QED) is 0.660. The standard InChI is InChI=1S/C14H14O3/c1-8-5-11(16)7-12(9(8)2)13-6-10(15)3-4-14(13)17/h3-7,15-17H,1-2H3. The zero-order valence-electron chi connectivity index (χ0n) is 9.73. The van der Waals surface area contributed by atoms with Crippen LogP contribution in [0, 0.1) is 13.8 Å². The van der Waals surface area contributed by atoms with Gasteiger partial charge in [0.25, 0.3) is 0 Å². The van der Waals surface area contributed by atoms with E-state index in [1.165, 1.54) is 18.2 Å². The maximum absolute atomic E-state index is 9.80. The molecule has 0 unspecified atom stereocenters. The summed E-state index contributed by atoms with van der Waals surface area (Å²) in [6.45, 7) is 3.80. The highest BCUT2D eigenvalue weighted by molar-refractivity contribution is 5.76. The van der Waals surface area contributed by atoms with E-state index in [0.29, 0.717) is 5.56 Å². The zero-order chi connectivity index (χ0) is 12.6. The summed E-state index contributed by atoms with van der Waals surface area (Å²) in [6, 6.07) is 7.58. The van der Waals surface area contributed by atoms with E-state index >= 15 is 0 Å². The Morgan fingerprint density at radius 1 is 0.765 bits per heavy atom. The van der Waals surface area contributed by atoms with Gasteiger partial charge in [-0.2, -0.15) is 0 Å². The van der Waals surface area contributed by atoms with Crippen molar-refractivity contribution in [3.8, 4) is 28.4 Å². The van der Waals surface area contributed by atoms with E-state index < -0.39 is 0 Å². The summed E-state index contributed by atoms with van der Waals surface area (Å²) < 4.78 is 0. The smallest absolute Gasteiger partial charge is 0.123 e. The molecule has 17 heavy (non-hydrogen) atoms. The number of benzene rings is 2. The van der Waals surface area contributed by atoms with E-state index in [4.69, 9.17) is 0 Å². The van der Waals surface area contributed by atoms with Gasteiger partial charge in [-0.3, -0.25) is 0 Å². The van der Waals surface area contributed by atoms with Gasteiger partial charge in [-0.05, 0) is 60.9 Å². The molecule has 88 valence electrons. The van der Waals surface area contributed by atoms with Gasteiger partial charge in [-0.1, -0.05) is 0 Å². The maximum Gasteiger partial charge on any atom is 0.123 e. The molecule has 3 heteroatoms. The summed E-state index contributed by atoms with van der Waals surface area (Å²) in [5.41, 5.74) is 3.13. The Morgan fingerprint density at radius 3 is 2.12 bits per heavy atom. The number of aryl methyl sites for hydroxylation is 1. The number of rotatable bonds is 1. The van der Waals surface area contributed by atoms with Gasteiger partial charge in [0.15, 0.2) is 0 Å². The molecule has 3 nitrogen and oxygen atoms in total. The number of phenolic OH excluding ortho intramolecular Hbond substituents is 3. The van der Waals surface area contributed by atoms with Gasteiger partial charge in [-0.25, -0.2) is 0 Å². The lowest BCUT2D eigenvalue weighted by Gasteiger charge is -2.11. The summed E-state index contributed by atoms with van der Waals surface area (Å²) >= 11 is 0. The Balaban J connectivity index is 2.72. The molecule has 0 heterocycles. The van der Waals surface area contributed by atoms with Crippen molar-refractivity contribution in [2.75, 3.05) is 0 Å². The van der Waals surface area contributed by atoms with E-state index in [9.17, 15) is 15.3 Å². The van der Waals surface area contributed by atoms with Gasteiger partial charge < -0.3 is 15.3 Å². The maximum atomic E-state index is 9.80. The van der Waals surface area contributed by atoms with Crippen molar-refractivity contribution in [2.45, 2.75) is 13.8 Å². The minimum atomic E-state index is 0.0795. The zero-order valence-corrected chi connectivity index (χ0v) is 9.73. The predicted octanol–water partition coefficient (Wildman–Crippen LogP) is 3.09. The van der Waals surface area contributed by atoms with Crippen molar-refractivity contribution < 1.29 is 15.3 Å². The lowest BCUT2D eigenvalue weighted by atomic mass is 9.96. The molecule has 0 aliphatic carbocycles. The molecule has 0 amide bonds. The van der Waals surface area contributed by atoms with Crippen molar-refractivity contribution in [1.29, 1.82) is 0 Å². The molecule has 0 aliphatic heterocycles. The average Bonchev–Trinajstić information content (AvgIpc) is 2.27. The van der Waals surface area contributed by atoms with Crippen LogP contribution in [0.15, 0.2) is 30.3 Å². The summed E-state index contributed by atoms with van der Waals surface area (Å²) in [5, 5.41) is 28.9.